The summed E-state index contributed by atoms with van der Waals surface area (Å²) in [7, 11) is 0. The summed E-state index contributed by atoms with van der Waals surface area (Å²) in [5.74, 6) is 2.01. The van der Waals surface area contributed by atoms with Gasteiger partial charge in [-0.05, 0) is 48.0 Å². The Morgan fingerprint density at radius 1 is 1.19 bits per heavy atom. The molecule has 1 heteroatoms. The van der Waals surface area contributed by atoms with Gasteiger partial charge >= 0.3 is 0 Å². The van der Waals surface area contributed by atoms with E-state index >= 15 is 0 Å². The van der Waals surface area contributed by atoms with Crippen LogP contribution in [0.1, 0.15) is 47.0 Å². The Morgan fingerprint density at radius 2 is 1.88 bits per heavy atom. The number of fused-ring (bicyclic) bond motifs is 3. The average Bonchev–Trinajstić information content (AvgIpc) is 2.72. The lowest BCUT2D eigenvalue weighted by Gasteiger charge is -2.29. The summed E-state index contributed by atoms with van der Waals surface area (Å²) in [5.41, 5.74) is 2.31. The molecule has 0 saturated heterocycles. The molecule has 0 heterocycles. The molecule has 3 rings (SSSR count). The number of rotatable bonds is 0. The van der Waals surface area contributed by atoms with Gasteiger partial charge in [0.1, 0.15) is 0 Å². The summed E-state index contributed by atoms with van der Waals surface area (Å²) in [5, 5.41) is 0. The van der Waals surface area contributed by atoms with Crippen molar-refractivity contribution in [1.82, 2.24) is 0 Å². The fraction of sp³-hybridized carbons (Fsp3) is 0.800. The normalized spacial score (nSPS) is 49.1. The van der Waals surface area contributed by atoms with E-state index in [2.05, 4.69) is 27.7 Å². The molecule has 2 saturated carbocycles. The molecule has 0 aliphatic heterocycles. The molecule has 0 aromatic carbocycles. The number of carbonyl (C=O) groups is 1. The smallest absolute Gasteiger partial charge is 0.159 e. The van der Waals surface area contributed by atoms with Crippen LogP contribution in [0.5, 0.6) is 0 Å². The molecule has 3 aliphatic carbocycles. The Hall–Kier alpha value is -0.590. The maximum absolute atomic E-state index is 11.9. The highest BCUT2D eigenvalue weighted by Gasteiger charge is 2.60. The second-order valence-electron chi connectivity index (χ2n) is 7.29. The van der Waals surface area contributed by atoms with Crippen molar-refractivity contribution in [2.75, 3.05) is 0 Å². The monoisotopic (exact) mass is 218 g/mol. The lowest BCUT2D eigenvalue weighted by Crippen LogP contribution is -2.22. The third-order valence-corrected chi connectivity index (χ3v) is 5.39. The van der Waals surface area contributed by atoms with Gasteiger partial charge in [-0.1, -0.05) is 33.3 Å². The molecule has 0 bridgehead atoms. The van der Waals surface area contributed by atoms with Gasteiger partial charge in [-0.15, -0.1) is 0 Å². The Bertz CT molecular complexity index is 390. The Morgan fingerprint density at radius 3 is 2.56 bits per heavy atom. The lowest BCUT2D eigenvalue weighted by molar-refractivity contribution is -0.118. The summed E-state index contributed by atoms with van der Waals surface area (Å²) < 4.78 is 0. The maximum atomic E-state index is 11.9. The first-order valence-corrected chi connectivity index (χ1v) is 6.59. The third kappa shape index (κ3) is 1.26. The van der Waals surface area contributed by atoms with Crippen LogP contribution in [-0.2, 0) is 4.79 Å². The summed E-state index contributed by atoms with van der Waals surface area (Å²) >= 11 is 0. The van der Waals surface area contributed by atoms with Crippen molar-refractivity contribution in [3.8, 4) is 0 Å². The molecular formula is C15H22O. The van der Waals surface area contributed by atoms with Gasteiger partial charge in [0.05, 0.1) is 0 Å². The van der Waals surface area contributed by atoms with Gasteiger partial charge in [0.25, 0.3) is 0 Å². The molecule has 3 aliphatic rings. The molecule has 4 atom stereocenters. The van der Waals surface area contributed by atoms with Crippen LogP contribution in [0.3, 0.4) is 0 Å². The zero-order valence-electron chi connectivity index (χ0n) is 10.8. The minimum absolute atomic E-state index is 0.241. The summed E-state index contributed by atoms with van der Waals surface area (Å²) in [6.45, 7) is 9.26. The number of ketones is 1. The van der Waals surface area contributed by atoms with Crippen molar-refractivity contribution >= 4 is 5.78 Å². The van der Waals surface area contributed by atoms with Crippen LogP contribution in [0, 0.1) is 28.6 Å². The topological polar surface area (TPSA) is 17.1 Å². The largest absolute Gasteiger partial charge is 0.295 e. The lowest BCUT2D eigenvalue weighted by atomic mass is 9.75. The van der Waals surface area contributed by atoms with Crippen molar-refractivity contribution < 1.29 is 4.79 Å². The highest BCUT2D eigenvalue weighted by molar-refractivity contribution is 5.96. The van der Waals surface area contributed by atoms with Gasteiger partial charge in [-0.25, -0.2) is 0 Å². The SMILES string of the molecule is C[C@H]1C(=O)C=C2[C@H]1CC(C)(C)C[C@@H]1C[C@@]21C. The molecule has 2 fully saturated rings. The Kier molecular flexibility index (Phi) is 1.85. The van der Waals surface area contributed by atoms with Gasteiger partial charge in [0.2, 0.25) is 0 Å². The van der Waals surface area contributed by atoms with Crippen LogP contribution < -0.4 is 0 Å². The second-order valence-corrected chi connectivity index (χ2v) is 7.29. The predicted octanol–water partition coefficient (Wildman–Crippen LogP) is 3.59. The molecule has 0 radical (unpaired) electrons. The maximum Gasteiger partial charge on any atom is 0.159 e. The van der Waals surface area contributed by atoms with E-state index in [0.717, 1.165) is 5.92 Å². The molecule has 0 unspecified atom stereocenters. The van der Waals surface area contributed by atoms with Crippen molar-refractivity contribution in [3.05, 3.63) is 11.6 Å². The third-order valence-electron chi connectivity index (χ3n) is 5.39. The summed E-state index contributed by atoms with van der Waals surface area (Å²) in [4.78, 5) is 11.9. The molecule has 0 spiro atoms. The fourth-order valence-corrected chi connectivity index (χ4v) is 4.18. The Labute approximate surface area is 98.3 Å². The number of hydrogen-bond acceptors (Lipinski definition) is 1. The molecule has 16 heavy (non-hydrogen) atoms. The van der Waals surface area contributed by atoms with E-state index in [9.17, 15) is 4.79 Å². The van der Waals surface area contributed by atoms with E-state index in [4.69, 9.17) is 0 Å². The van der Waals surface area contributed by atoms with E-state index in [1.165, 1.54) is 24.8 Å². The average molecular weight is 218 g/mol. The first kappa shape index (κ1) is 10.6. The van der Waals surface area contributed by atoms with E-state index in [-0.39, 0.29) is 5.92 Å². The van der Waals surface area contributed by atoms with Crippen molar-refractivity contribution in [2.45, 2.75) is 47.0 Å². The van der Waals surface area contributed by atoms with Crippen LogP contribution in [0.15, 0.2) is 11.6 Å². The van der Waals surface area contributed by atoms with Crippen molar-refractivity contribution in [3.63, 3.8) is 0 Å². The highest BCUT2D eigenvalue weighted by Crippen LogP contribution is 2.68. The molecule has 0 amide bonds. The molecule has 0 N–H and O–H groups in total. The minimum Gasteiger partial charge on any atom is -0.295 e. The van der Waals surface area contributed by atoms with E-state index in [1.807, 2.05) is 6.08 Å². The fourth-order valence-electron chi connectivity index (χ4n) is 4.18. The first-order chi connectivity index (χ1) is 7.33. The highest BCUT2D eigenvalue weighted by atomic mass is 16.1. The van der Waals surface area contributed by atoms with Gasteiger partial charge < -0.3 is 0 Å². The van der Waals surface area contributed by atoms with Crippen LogP contribution in [0.25, 0.3) is 0 Å². The summed E-state index contributed by atoms with van der Waals surface area (Å²) in [6, 6.07) is 0. The Balaban J connectivity index is 2.03. The molecule has 88 valence electrons. The predicted molar refractivity (Wildman–Crippen MR) is 65.0 cm³/mol. The van der Waals surface area contributed by atoms with Gasteiger partial charge in [0.15, 0.2) is 5.78 Å². The first-order valence-electron chi connectivity index (χ1n) is 6.59. The quantitative estimate of drug-likeness (QED) is 0.607. The van der Waals surface area contributed by atoms with Crippen LogP contribution in [0.4, 0.5) is 0 Å². The molecular weight excluding hydrogens is 196 g/mol. The van der Waals surface area contributed by atoms with Crippen LogP contribution in [-0.4, -0.2) is 5.78 Å². The number of carbonyl (C=O) groups excluding carboxylic acids is 1. The number of allylic oxidation sites excluding steroid dienone is 2. The van der Waals surface area contributed by atoms with E-state index in [0.29, 0.717) is 22.5 Å². The van der Waals surface area contributed by atoms with Gasteiger partial charge in [-0.2, -0.15) is 0 Å². The minimum atomic E-state index is 0.241. The molecule has 1 nitrogen and oxygen atoms in total. The molecule has 0 aromatic heterocycles. The zero-order chi connectivity index (χ0) is 11.7. The van der Waals surface area contributed by atoms with Crippen LogP contribution >= 0.6 is 0 Å². The van der Waals surface area contributed by atoms with Crippen molar-refractivity contribution in [2.24, 2.45) is 28.6 Å². The zero-order valence-corrected chi connectivity index (χ0v) is 10.8. The van der Waals surface area contributed by atoms with Gasteiger partial charge in [0, 0.05) is 5.92 Å². The number of hydrogen-bond donors (Lipinski definition) is 0. The summed E-state index contributed by atoms with van der Waals surface area (Å²) in [6.07, 6.45) is 5.87. The van der Waals surface area contributed by atoms with E-state index in [1.54, 1.807) is 0 Å². The van der Waals surface area contributed by atoms with Gasteiger partial charge in [-0.3, -0.25) is 4.79 Å². The van der Waals surface area contributed by atoms with Crippen molar-refractivity contribution in [1.29, 1.82) is 0 Å². The molecule has 0 aromatic rings. The second kappa shape index (κ2) is 2.80. The standard InChI is InChI=1S/C15H22O/c1-9-11-8-14(2,3)6-10-7-15(10,4)12(11)5-13(9)16/h5,9-11H,6-8H2,1-4H3/t9-,10-,11+,15-/m1/s1. The van der Waals surface area contributed by atoms with Crippen LogP contribution in [0.2, 0.25) is 0 Å². The van der Waals surface area contributed by atoms with E-state index < -0.39 is 0 Å².